The monoisotopic (exact) mass is 544 g/mol. The van der Waals surface area contributed by atoms with Gasteiger partial charge in [-0.25, -0.2) is 4.99 Å². The number of guanidine groups is 1. The highest BCUT2D eigenvalue weighted by molar-refractivity contribution is 14.0. The molecule has 1 saturated heterocycles. The number of aliphatic imine (C=N–C) groups is 1. The summed E-state index contributed by atoms with van der Waals surface area (Å²) < 4.78 is 1.93. The fourth-order valence-corrected chi connectivity index (χ4v) is 3.93. The first-order chi connectivity index (χ1) is 14.0. The summed E-state index contributed by atoms with van der Waals surface area (Å²) in [7, 11) is 1.98. The predicted octanol–water partition coefficient (Wildman–Crippen LogP) is 4.03. The van der Waals surface area contributed by atoms with Gasteiger partial charge < -0.3 is 10.6 Å². The normalized spacial score (nSPS) is 15.7. The van der Waals surface area contributed by atoms with Crippen LogP contribution in [0.2, 0.25) is 5.02 Å². The van der Waals surface area contributed by atoms with Crippen molar-refractivity contribution < 1.29 is 0 Å². The van der Waals surface area contributed by atoms with Gasteiger partial charge in [0.2, 0.25) is 0 Å². The lowest BCUT2D eigenvalue weighted by molar-refractivity contribution is 0.198. The molecule has 6 nitrogen and oxygen atoms in total. The van der Waals surface area contributed by atoms with Crippen molar-refractivity contribution in [3.8, 4) is 0 Å². The van der Waals surface area contributed by atoms with Gasteiger partial charge in [0.1, 0.15) is 0 Å². The molecule has 0 amide bonds. The van der Waals surface area contributed by atoms with Crippen molar-refractivity contribution in [2.45, 2.75) is 52.7 Å². The summed E-state index contributed by atoms with van der Waals surface area (Å²) in [4.78, 5) is 7.33. The van der Waals surface area contributed by atoms with Crippen LogP contribution in [0, 0.1) is 13.8 Å². The topological polar surface area (TPSA) is 57.5 Å². The summed E-state index contributed by atoms with van der Waals surface area (Å²) in [5, 5.41) is 12.3. The number of hydrogen-bond donors (Lipinski definition) is 2. The molecule has 0 unspecified atom stereocenters. The number of aryl methyl sites for hydroxylation is 2. The third kappa shape index (κ3) is 6.85. The van der Waals surface area contributed by atoms with Gasteiger partial charge in [-0.15, -0.1) is 24.0 Å². The van der Waals surface area contributed by atoms with Crippen LogP contribution in [0.4, 0.5) is 0 Å². The molecule has 2 aromatic rings. The van der Waals surface area contributed by atoms with E-state index in [1.807, 2.05) is 23.9 Å². The largest absolute Gasteiger partial charge is 0.357 e. The molecule has 0 spiro atoms. The fourth-order valence-electron chi connectivity index (χ4n) is 3.80. The van der Waals surface area contributed by atoms with E-state index in [1.165, 1.54) is 16.8 Å². The smallest absolute Gasteiger partial charge is 0.191 e. The van der Waals surface area contributed by atoms with Crippen molar-refractivity contribution in [3.63, 3.8) is 0 Å². The molecule has 1 aromatic heterocycles. The lowest BCUT2D eigenvalue weighted by atomic mass is 10.0. The number of benzene rings is 1. The van der Waals surface area contributed by atoms with Crippen LogP contribution in [-0.2, 0) is 20.1 Å². The Morgan fingerprint density at radius 2 is 1.87 bits per heavy atom. The Labute approximate surface area is 202 Å². The van der Waals surface area contributed by atoms with Crippen LogP contribution in [0.5, 0.6) is 0 Å². The van der Waals surface area contributed by atoms with Crippen LogP contribution in [0.3, 0.4) is 0 Å². The Hall–Kier alpha value is -1.32. The molecular formula is C22H34ClIN6. The molecule has 8 heteroatoms. The van der Waals surface area contributed by atoms with Gasteiger partial charge in [-0.1, -0.05) is 23.7 Å². The Balaban J connectivity index is 0.00000320. The van der Waals surface area contributed by atoms with Crippen LogP contribution in [0.1, 0.15) is 42.3 Å². The second-order valence-electron chi connectivity index (χ2n) is 7.79. The van der Waals surface area contributed by atoms with Crippen LogP contribution in [0.25, 0.3) is 0 Å². The molecule has 3 rings (SSSR count). The molecule has 0 atom stereocenters. The zero-order chi connectivity index (χ0) is 20.8. The number of likely N-dealkylation sites (tertiary alicyclic amines) is 1. The molecule has 1 aliphatic heterocycles. The highest BCUT2D eigenvalue weighted by atomic mass is 127. The van der Waals surface area contributed by atoms with E-state index >= 15 is 0 Å². The van der Waals surface area contributed by atoms with E-state index in [-0.39, 0.29) is 24.0 Å². The van der Waals surface area contributed by atoms with E-state index in [9.17, 15) is 0 Å². The number of halogens is 2. The maximum atomic E-state index is 5.99. The van der Waals surface area contributed by atoms with E-state index in [4.69, 9.17) is 16.6 Å². The molecule has 0 bridgehead atoms. The van der Waals surface area contributed by atoms with E-state index in [0.717, 1.165) is 55.7 Å². The van der Waals surface area contributed by atoms with Crippen molar-refractivity contribution in [1.82, 2.24) is 25.3 Å². The first-order valence-electron chi connectivity index (χ1n) is 10.5. The Kier molecular flexibility index (Phi) is 9.90. The molecule has 1 aliphatic rings. The second-order valence-corrected chi connectivity index (χ2v) is 8.23. The van der Waals surface area contributed by atoms with Gasteiger partial charge in [0, 0.05) is 55.5 Å². The maximum absolute atomic E-state index is 5.99. The average Bonchev–Trinajstić information content (AvgIpc) is 2.95. The molecule has 2 N–H and O–H groups in total. The minimum atomic E-state index is 0. The van der Waals surface area contributed by atoms with Gasteiger partial charge in [0.25, 0.3) is 0 Å². The van der Waals surface area contributed by atoms with Crippen molar-refractivity contribution in [2.75, 3.05) is 19.6 Å². The predicted molar refractivity (Wildman–Crippen MR) is 136 cm³/mol. The zero-order valence-corrected chi connectivity index (χ0v) is 21.5. The first kappa shape index (κ1) is 24.9. The molecule has 2 heterocycles. The number of nitrogens with zero attached hydrogens (tertiary/aromatic N) is 4. The molecule has 30 heavy (non-hydrogen) atoms. The van der Waals surface area contributed by atoms with Crippen molar-refractivity contribution >= 4 is 41.5 Å². The van der Waals surface area contributed by atoms with E-state index in [1.54, 1.807) is 0 Å². The van der Waals surface area contributed by atoms with Gasteiger partial charge in [-0.3, -0.25) is 9.58 Å². The highest BCUT2D eigenvalue weighted by Crippen LogP contribution is 2.16. The summed E-state index contributed by atoms with van der Waals surface area (Å²) >= 11 is 5.99. The van der Waals surface area contributed by atoms with Gasteiger partial charge in [-0.2, -0.15) is 5.10 Å². The molecule has 0 radical (unpaired) electrons. The van der Waals surface area contributed by atoms with Crippen LogP contribution in [-0.4, -0.2) is 46.3 Å². The minimum Gasteiger partial charge on any atom is -0.357 e. The molecule has 1 fully saturated rings. The summed E-state index contributed by atoms with van der Waals surface area (Å²) in [5.41, 5.74) is 4.76. The fraction of sp³-hybridized carbons (Fsp3) is 0.545. The summed E-state index contributed by atoms with van der Waals surface area (Å²) in [6.45, 7) is 10.9. The first-order valence-corrected chi connectivity index (χ1v) is 10.8. The lowest BCUT2D eigenvalue weighted by Gasteiger charge is -2.33. The van der Waals surface area contributed by atoms with Gasteiger partial charge >= 0.3 is 0 Å². The molecule has 0 saturated carbocycles. The number of aromatic nitrogens is 2. The van der Waals surface area contributed by atoms with Gasteiger partial charge in [0.05, 0.1) is 12.2 Å². The lowest BCUT2D eigenvalue weighted by Crippen LogP contribution is -2.48. The van der Waals surface area contributed by atoms with Crippen molar-refractivity contribution in [3.05, 3.63) is 51.8 Å². The molecular weight excluding hydrogens is 511 g/mol. The standard InChI is InChI=1S/C22H33ClN6.HI/c1-5-24-22(25-14-21-16(2)27-28(4)17(21)3)26-20-10-12-29(13-11-20)15-18-6-8-19(23)9-7-18;/h6-9,20H,5,10-15H2,1-4H3,(H2,24,25,26);1H. The third-order valence-electron chi connectivity index (χ3n) is 5.65. The van der Waals surface area contributed by atoms with E-state index in [0.29, 0.717) is 12.6 Å². The molecule has 1 aromatic carbocycles. The van der Waals surface area contributed by atoms with Crippen LogP contribution in [0.15, 0.2) is 29.3 Å². The zero-order valence-electron chi connectivity index (χ0n) is 18.4. The van der Waals surface area contributed by atoms with Crippen molar-refractivity contribution in [2.24, 2.45) is 12.0 Å². The Morgan fingerprint density at radius 3 is 2.43 bits per heavy atom. The highest BCUT2D eigenvalue weighted by Gasteiger charge is 2.20. The molecule has 0 aliphatic carbocycles. The van der Waals surface area contributed by atoms with E-state index in [2.05, 4.69) is 53.5 Å². The number of piperidine rings is 1. The Bertz CT molecular complexity index is 825. The number of nitrogens with one attached hydrogen (secondary N) is 2. The average molecular weight is 545 g/mol. The second kappa shape index (κ2) is 11.9. The molecule has 166 valence electrons. The Morgan fingerprint density at radius 1 is 1.20 bits per heavy atom. The van der Waals surface area contributed by atoms with Crippen LogP contribution >= 0.6 is 35.6 Å². The summed E-state index contributed by atoms with van der Waals surface area (Å²) in [6.07, 6.45) is 2.23. The van der Waals surface area contributed by atoms with E-state index < -0.39 is 0 Å². The minimum absolute atomic E-state index is 0. The van der Waals surface area contributed by atoms with Gasteiger partial charge in [-0.05, 0) is 51.3 Å². The van der Waals surface area contributed by atoms with Crippen molar-refractivity contribution in [1.29, 1.82) is 0 Å². The SMILES string of the molecule is CCNC(=NCc1c(C)nn(C)c1C)NC1CCN(Cc2ccc(Cl)cc2)CC1.I. The van der Waals surface area contributed by atoms with Gasteiger partial charge in [0.15, 0.2) is 5.96 Å². The summed E-state index contributed by atoms with van der Waals surface area (Å²) in [5.74, 6) is 0.895. The quantitative estimate of drug-likeness (QED) is 0.328. The third-order valence-corrected chi connectivity index (χ3v) is 5.90. The summed E-state index contributed by atoms with van der Waals surface area (Å²) in [6, 6.07) is 8.62. The van der Waals surface area contributed by atoms with Crippen LogP contribution < -0.4 is 10.6 Å². The maximum Gasteiger partial charge on any atom is 0.191 e. The number of rotatable bonds is 6. The number of hydrogen-bond acceptors (Lipinski definition) is 3.